The quantitative estimate of drug-likeness (QED) is 0.863. The van der Waals surface area contributed by atoms with Gasteiger partial charge in [-0.1, -0.05) is 37.3 Å². The molecule has 2 unspecified atom stereocenters. The van der Waals surface area contributed by atoms with Gasteiger partial charge < -0.3 is 10.6 Å². The Morgan fingerprint density at radius 3 is 2.30 bits per heavy atom. The number of benzene rings is 1. The van der Waals surface area contributed by atoms with Gasteiger partial charge >= 0.3 is 0 Å². The molecule has 0 bridgehead atoms. The molecule has 0 amide bonds. The minimum Gasteiger partial charge on any atom is -0.330 e. The molecule has 2 atom stereocenters. The summed E-state index contributed by atoms with van der Waals surface area (Å²) in [6.07, 6.45) is 1.25. The summed E-state index contributed by atoms with van der Waals surface area (Å²) in [4.78, 5) is 5.18. The van der Waals surface area contributed by atoms with Crippen molar-refractivity contribution in [1.29, 1.82) is 0 Å². The van der Waals surface area contributed by atoms with Crippen LogP contribution >= 0.6 is 0 Å². The first-order valence-corrected chi connectivity index (χ1v) is 7.96. The number of hydrogen-bond acceptors (Lipinski definition) is 3. The summed E-state index contributed by atoms with van der Waals surface area (Å²) in [5.41, 5.74) is 7.36. The van der Waals surface area contributed by atoms with E-state index in [2.05, 4.69) is 54.0 Å². The Kier molecular flexibility index (Phi) is 6.02. The van der Waals surface area contributed by atoms with Crippen molar-refractivity contribution in [3.8, 4) is 0 Å². The van der Waals surface area contributed by atoms with Gasteiger partial charge in [0, 0.05) is 51.2 Å². The summed E-state index contributed by atoms with van der Waals surface area (Å²) in [5, 5.41) is 0. The van der Waals surface area contributed by atoms with Gasteiger partial charge in [0.1, 0.15) is 0 Å². The highest BCUT2D eigenvalue weighted by atomic mass is 15.3. The maximum absolute atomic E-state index is 5.98. The van der Waals surface area contributed by atoms with Gasteiger partial charge in [0.05, 0.1) is 0 Å². The van der Waals surface area contributed by atoms with Crippen LogP contribution in [0.4, 0.5) is 0 Å². The smallest absolute Gasteiger partial charge is 0.0113 e. The third-order valence-electron chi connectivity index (χ3n) is 4.66. The van der Waals surface area contributed by atoms with Crippen LogP contribution in [0.1, 0.15) is 31.7 Å². The second-order valence-electron chi connectivity index (χ2n) is 5.94. The van der Waals surface area contributed by atoms with Gasteiger partial charge in [-0.3, -0.25) is 4.90 Å². The molecule has 112 valence electrons. The summed E-state index contributed by atoms with van der Waals surface area (Å²) in [6, 6.07) is 11.4. The van der Waals surface area contributed by atoms with E-state index < -0.39 is 0 Å². The van der Waals surface area contributed by atoms with E-state index in [1.165, 1.54) is 38.2 Å². The molecule has 1 aromatic carbocycles. The van der Waals surface area contributed by atoms with Crippen LogP contribution in [0.3, 0.4) is 0 Å². The number of nitrogens with two attached hydrogens (primary N) is 1. The molecule has 0 saturated carbocycles. The molecule has 20 heavy (non-hydrogen) atoms. The molecule has 0 aromatic heterocycles. The predicted octanol–water partition coefficient (Wildman–Crippen LogP) is 2.14. The minimum atomic E-state index is 0.464. The topological polar surface area (TPSA) is 32.5 Å². The van der Waals surface area contributed by atoms with Gasteiger partial charge in [-0.05, 0) is 18.9 Å². The molecule has 1 aliphatic heterocycles. The van der Waals surface area contributed by atoms with Crippen molar-refractivity contribution in [1.82, 2.24) is 9.80 Å². The van der Waals surface area contributed by atoms with Crippen LogP contribution in [0.2, 0.25) is 0 Å². The Labute approximate surface area is 123 Å². The summed E-state index contributed by atoms with van der Waals surface area (Å²) >= 11 is 0. The van der Waals surface area contributed by atoms with Crippen molar-refractivity contribution in [3.05, 3.63) is 35.9 Å². The highest BCUT2D eigenvalue weighted by Crippen LogP contribution is 2.17. The van der Waals surface area contributed by atoms with Crippen molar-refractivity contribution < 1.29 is 0 Å². The molecule has 3 heteroatoms. The van der Waals surface area contributed by atoms with Gasteiger partial charge in [0.2, 0.25) is 0 Å². The van der Waals surface area contributed by atoms with Crippen molar-refractivity contribution in [2.45, 2.75) is 32.2 Å². The third kappa shape index (κ3) is 4.05. The molecule has 1 aliphatic rings. The van der Waals surface area contributed by atoms with Crippen LogP contribution < -0.4 is 5.73 Å². The average molecular weight is 275 g/mol. The zero-order chi connectivity index (χ0) is 14.4. The van der Waals surface area contributed by atoms with Crippen LogP contribution in [0.25, 0.3) is 0 Å². The van der Waals surface area contributed by atoms with Crippen LogP contribution in [-0.2, 0) is 0 Å². The van der Waals surface area contributed by atoms with Crippen LogP contribution in [-0.4, -0.2) is 55.1 Å². The molecule has 1 fully saturated rings. The molecule has 0 spiro atoms. The fourth-order valence-corrected chi connectivity index (χ4v) is 3.00. The highest BCUT2D eigenvalue weighted by Gasteiger charge is 2.22. The van der Waals surface area contributed by atoms with E-state index in [0.29, 0.717) is 5.92 Å². The number of rotatable bonds is 6. The van der Waals surface area contributed by atoms with Crippen molar-refractivity contribution in [3.63, 3.8) is 0 Å². The monoisotopic (exact) mass is 275 g/mol. The van der Waals surface area contributed by atoms with Gasteiger partial charge in [-0.25, -0.2) is 0 Å². The normalized spacial score (nSPS) is 20.8. The maximum atomic E-state index is 5.98. The SMILES string of the molecule is CCC(C)N1CCN(CC(CN)c2ccccc2)CC1. The molecule has 2 rings (SSSR count). The maximum Gasteiger partial charge on any atom is 0.0113 e. The molecule has 1 saturated heterocycles. The van der Waals surface area contributed by atoms with Crippen LogP contribution in [0, 0.1) is 0 Å². The first kappa shape index (κ1) is 15.5. The molecule has 1 heterocycles. The molecular weight excluding hydrogens is 246 g/mol. The van der Waals surface area contributed by atoms with Gasteiger partial charge in [-0.15, -0.1) is 0 Å². The fraction of sp³-hybridized carbons (Fsp3) is 0.647. The lowest BCUT2D eigenvalue weighted by Crippen LogP contribution is -2.50. The van der Waals surface area contributed by atoms with Crippen molar-refractivity contribution in [2.24, 2.45) is 5.73 Å². The van der Waals surface area contributed by atoms with E-state index >= 15 is 0 Å². The lowest BCUT2D eigenvalue weighted by atomic mass is 9.98. The summed E-state index contributed by atoms with van der Waals surface area (Å²) < 4.78 is 0. The standard InChI is InChI=1S/C17H29N3/c1-3-15(2)20-11-9-19(10-12-20)14-17(13-18)16-7-5-4-6-8-16/h4-8,15,17H,3,9-14,18H2,1-2H3. The van der Waals surface area contributed by atoms with Crippen molar-refractivity contribution in [2.75, 3.05) is 39.3 Å². The zero-order valence-corrected chi connectivity index (χ0v) is 13.0. The second kappa shape index (κ2) is 7.77. The molecular formula is C17H29N3. The summed E-state index contributed by atoms with van der Waals surface area (Å²) in [5.74, 6) is 0.464. The van der Waals surface area contributed by atoms with Crippen LogP contribution in [0.15, 0.2) is 30.3 Å². The van der Waals surface area contributed by atoms with E-state index in [0.717, 1.165) is 19.1 Å². The Balaban J connectivity index is 1.85. The Morgan fingerprint density at radius 1 is 1.10 bits per heavy atom. The van der Waals surface area contributed by atoms with E-state index in [-0.39, 0.29) is 0 Å². The fourth-order valence-electron chi connectivity index (χ4n) is 3.00. The third-order valence-corrected chi connectivity index (χ3v) is 4.66. The number of piperazine rings is 1. The molecule has 3 nitrogen and oxygen atoms in total. The highest BCUT2D eigenvalue weighted by molar-refractivity contribution is 5.20. The first-order chi connectivity index (χ1) is 9.74. The lowest BCUT2D eigenvalue weighted by molar-refractivity contribution is 0.0969. The second-order valence-corrected chi connectivity index (χ2v) is 5.94. The van der Waals surface area contributed by atoms with Crippen molar-refractivity contribution >= 4 is 0 Å². The van der Waals surface area contributed by atoms with Gasteiger partial charge in [0.15, 0.2) is 0 Å². The minimum absolute atomic E-state index is 0.464. The summed E-state index contributed by atoms with van der Waals surface area (Å²) in [7, 11) is 0. The molecule has 1 aromatic rings. The van der Waals surface area contributed by atoms with E-state index in [1.54, 1.807) is 0 Å². The van der Waals surface area contributed by atoms with E-state index in [4.69, 9.17) is 5.73 Å². The number of nitrogens with zero attached hydrogens (tertiary/aromatic N) is 2. The zero-order valence-electron chi connectivity index (χ0n) is 13.0. The van der Waals surface area contributed by atoms with Gasteiger partial charge in [-0.2, -0.15) is 0 Å². The Hall–Kier alpha value is -0.900. The van der Waals surface area contributed by atoms with E-state index in [9.17, 15) is 0 Å². The summed E-state index contributed by atoms with van der Waals surface area (Å²) in [6.45, 7) is 11.2. The Bertz CT molecular complexity index is 371. The number of hydrogen-bond donors (Lipinski definition) is 1. The largest absolute Gasteiger partial charge is 0.330 e. The van der Waals surface area contributed by atoms with Crippen LogP contribution in [0.5, 0.6) is 0 Å². The van der Waals surface area contributed by atoms with Gasteiger partial charge in [0.25, 0.3) is 0 Å². The Morgan fingerprint density at radius 2 is 1.75 bits per heavy atom. The molecule has 0 radical (unpaired) electrons. The van der Waals surface area contributed by atoms with E-state index in [1.807, 2.05) is 0 Å². The molecule has 0 aliphatic carbocycles. The molecule has 2 N–H and O–H groups in total. The lowest BCUT2D eigenvalue weighted by Gasteiger charge is -2.39. The predicted molar refractivity (Wildman–Crippen MR) is 86.0 cm³/mol. The first-order valence-electron chi connectivity index (χ1n) is 7.96. The average Bonchev–Trinajstić information content (AvgIpc) is 2.53.